The summed E-state index contributed by atoms with van der Waals surface area (Å²) in [6.07, 6.45) is 0.987. The number of amides is 2. The summed E-state index contributed by atoms with van der Waals surface area (Å²) in [5.41, 5.74) is 3.89. The van der Waals surface area contributed by atoms with E-state index in [1.54, 1.807) is 18.2 Å². The standard InChI is InChI=1S/C22H20ClN3O3/c1-29-20-5-3-2-4-18(20)26-21(27)11-19(22(26)28)25-9-8-14-15-10-13(23)6-7-16(15)24-17(14)12-25/h2-7,10,19,24H,8-9,11-12H2,1H3/t19-/m1/s1. The zero-order valence-corrected chi connectivity index (χ0v) is 16.7. The summed E-state index contributed by atoms with van der Waals surface area (Å²) >= 11 is 6.16. The fraction of sp³-hybridized carbons (Fsp3) is 0.273. The molecule has 2 aliphatic heterocycles. The Kier molecular flexibility index (Phi) is 4.33. The fourth-order valence-corrected chi connectivity index (χ4v) is 4.64. The molecule has 7 heteroatoms. The van der Waals surface area contributed by atoms with Crippen LogP contribution in [-0.4, -0.2) is 41.4 Å². The van der Waals surface area contributed by atoms with E-state index in [1.165, 1.54) is 17.6 Å². The van der Waals surface area contributed by atoms with Crippen molar-refractivity contribution in [3.63, 3.8) is 0 Å². The predicted molar refractivity (Wildman–Crippen MR) is 111 cm³/mol. The number of nitrogens with zero attached hydrogens (tertiary/aromatic N) is 2. The van der Waals surface area contributed by atoms with E-state index in [1.807, 2.05) is 24.3 Å². The summed E-state index contributed by atoms with van der Waals surface area (Å²) in [7, 11) is 1.54. The number of aromatic nitrogens is 1. The van der Waals surface area contributed by atoms with Gasteiger partial charge in [-0.3, -0.25) is 14.5 Å². The lowest BCUT2D eigenvalue weighted by molar-refractivity contribution is -0.123. The van der Waals surface area contributed by atoms with E-state index in [-0.39, 0.29) is 18.2 Å². The highest BCUT2D eigenvalue weighted by Crippen LogP contribution is 2.35. The lowest BCUT2D eigenvalue weighted by atomic mass is 10.0. The number of aromatic amines is 1. The molecule has 0 aliphatic carbocycles. The first-order valence-electron chi connectivity index (χ1n) is 9.59. The van der Waals surface area contributed by atoms with Gasteiger partial charge in [0, 0.05) is 34.7 Å². The van der Waals surface area contributed by atoms with Gasteiger partial charge in [0.05, 0.1) is 25.3 Å². The maximum absolute atomic E-state index is 13.2. The first kappa shape index (κ1) is 18.2. The monoisotopic (exact) mass is 409 g/mol. The Morgan fingerprint density at radius 2 is 2.00 bits per heavy atom. The van der Waals surface area contributed by atoms with E-state index in [0.29, 0.717) is 23.0 Å². The molecule has 1 atom stereocenters. The molecule has 0 saturated carbocycles. The van der Waals surface area contributed by atoms with Crippen molar-refractivity contribution in [3.05, 3.63) is 58.7 Å². The second-order valence-electron chi connectivity index (χ2n) is 7.45. The van der Waals surface area contributed by atoms with Crippen LogP contribution in [0.4, 0.5) is 5.69 Å². The van der Waals surface area contributed by atoms with Gasteiger partial charge in [-0.05, 0) is 42.3 Å². The van der Waals surface area contributed by atoms with Gasteiger partial charge in [-0.1, -0.05) is 23.7 Å². The molecule has 1 fully saturated rings. The number of anilines is 1. The first-order valence-corrected chi connectivity index (χ1v) is 9.97. The number of hydrogen-bond acceptors (Lipinski definition) is 4. The molecular formula is C22H20ClN3O3. The Balaban J connectivity index is 1.43. The van der Waals surface area contributed by atoms with E-state index in [2.05, 4.69) is 9.88 Å². The largest absolute Gasteiger partial charge is 0.495 e. The minimum absolute atomic E-state index is 0.179. The third-order valence-electron chi connectivity index (χ3n) is 5.86. The lowest BCUT2D eigenvalue weighted by Crippen LogP contribution is -2.44. The molecule has 148 valence electrons. The van der Waals surface area contributed by atoms with Crippen LogP contribution in [0.2, 0.25) is 5.02 Å². The summed E-state index contributed by atoms with van der Waals surface area (Å²) < 4.78 is 5.35. The van der Waals surface area contributed by atoms with Gasteiger partial charge in [0.25, 0.3) is 5.91 Å². The minimum atomic E-state index is -0.462. The average molecular weight is 410 g/mol. The molecule has 0 spiro atoms. The van der Waals surface area contributed by atoms with Crippen LogP contribution >= 0.6 is 11.6 Å². The van der Waals surface area contributed by atoms with Gasteiger partial charge in [0.15, 0.2) is 0 Å². The maximum atomic E-state index is 13.2. The third-order valence-corrected chi connectivity index (χ3v) is 6.09. The van der Waals surface area contributed by atoms with Gasteiger partial charge in [-0.2, -0.15) is 0 Å². The molecule has 6 nitrogen and oxygen atoms in total. The van der Waals surface area contributed by atoms with Crippen LogP contribution in [0.15, 0.2) is 42.5 Å². The second kappa shape index (κ2) is 6.90. The summed E-state index contributed by atoms with van der Waals surface area (Å²) in [5.74, 6) is 0.129. The number of carbonyl (C=O) groups excluding carboxylic acids is 2. The topological polar surface area (TPSA) is 65.6 Å². The molecule has 2 aromatic carbocycles. The molecular weight excluding hydrogens is 390 g/mol. The number of nitrogens with one attached hydrogen (secondary N) is 1. The Morgan fingerprint density at radius 1 is 1.17 bits per heavy atom. The number of fused-ring (bicyclic) bond motifs is 3. The number of para-hydroxylation sites is 2. The van der Waals surface area contributed by atoms with Gasteiger partial charge < -0.3 is 9.72 Å². The van der Waals surface area contributed by atoms with Crippen molar-refractivity contribution in [1.82, 2.24) is 9.88 Å². The van der Waals surface area contributed by atoms with Crippen LogP contribution in [0.5, 0.6) is 5.75 Å². The number of rotatable bonds is 3. The number of halogens is 1. The van der Waals surface area contributed by atoms with Gasteiger partial charge in [0.2, 0.25) is 5.91 Å². The van der Waals surface area contributed by atoms with Crippen molar-refractivity contribution in [2.45, 2.75) is 25.4 Å². The Labute approximate surface area is 173 Å². The van der Waals surface area contributed by atoms with E-state index in [0.717, 1.165) is 29.6 Å². The van der Waals surface area contributed by atoms with Crippen molar-refractivity contribution in [1.29, 1.82) is 0 Å². The van der Waals surface area contributed by atoms with E-state index in [9.17, 15) is 9.59 Å². The SMILES string of the molecule is COc1ccccc1N1C(=O)C[C@@H](N2CCc3c([nH]c4ccc(Cl)cc34)C2)C1=O. The zero-order chi connectivity index (χ0) is 20.1. The van der Waals surface area contributed by atoms with E-state index >= 15 is 0 Å². The molecule has 29 heavy (non-hydrogen) atoms. The molecule has 1 aromatic heterocycles. The third kappa shape index (κ3) is 2.91. The molecule has 0 bridgehead atoms. The molecule has 1 saturated heterocycles. The van der Waals surface area contributed by atoms with Crippen LogP contribution in [0.3, 0.4) is 0 Å². The molecule has 1 N–H and O–H groups in total. The van der Waals surface area contributed by atoms with Crippen LogP contribution < -0.4 is 9.64 Å². The van der Waals surface area contributed by atoms with Crippen molar-refractivity contribution in [2.24, 2.45) is 0 Å². The second-order valence-corrected chi connectivity index (χ2v) is 7.89. The summed E-state index contributed by atoms with van der Waals surface area (Å²) in [6, 6.07) is 12.5. The number of methoxy groups -OCH3 is 1. The maximum Gasteiger partial charge on any atom is 0.251 e. The number of ether oxygens (including phenoxy) is 1. The van der Waals surface area contributed by atoms with E-state index in [4.69, 9.17) is 16.3 Å². The highest BCUT2D eigenvalue weighted by Gasteiger charge is 2.44. The number of benzene rings is 2. The summed E-state index contributed by atoms with van der Waals surface area (Å²) in [5, 5.41) is 1.85. The highest BCUT2D eigenvalue weighted by atomic mass is 35.5. The molecule has 0 radical (unpaired) electrons. The van der Waals surface area contributed by atoms with Crippen LogP contribution in [0.1, 0.15) is 17.7 Å². The number of imide groups is 1. The smallest absolute Gasteiger partial charge is 0.251 e. The highest BCUT2D eigenvalue weighted by molar-refractivity contribution is 6.31. The van der Waals surface area contributed by atoms with Crippen molar-refractivity contribution >= 4 is 40.0 Å². The molecule has 0 unspecified atom stereocenters. The Morgan fingerprint density at radius 3 is 2.83 bits per heavy atom. The van der Waals surface area contributed by atoms with Crippen molar-refractivity contribution in [3.8, 4) is 5.75 Å². The zero-order valence-electron chi connectivity index (χ0n) is 15.9. The Bertz CT molecular complexity index is 1140. The average Bonchev–Trinajstić information content (AvgIpc) is 3.23. The van der Waals surface area contributed by atoms with E-state index < -0.39 is 6.04 Å². The molecule has 5 rings (SSSR count). The molecule has 2 aliphatic rings. The van der Waals surface area contributed by atoms with Gasteiger partial charge >= 0.3 is 0 Å². The normalized spacial score (nSPS) is 19.8. The molecule has 3 aromatic rings. The predicted octanol–water partition coefficient (Wildman–Crippen LogP) is 3.52. The van der Waals surface area contributed by atoms with Crippen molar-refractivity contribution < 1.29 is 14.3 Å². The van der Waals surface area contributed by atoms with Gasteiger partial charge in [-0.25, -0.2) is 4.90 Å². The quantitative estimate of drug-likeness (QED) is 0.672. The Hall–Kier alpha value is -2.83. The number of H-pyrrole nitrogens is 1. The lowest BCUT2D eigenvalue weighted by Gasteiger charge is -2.31. The van der Waals surface area contributed by atoms with Crippen LogP contribution in [0.25, 0.3) is 10.9 Å². The summed E-state index contributed by atoms with van der Waals surface area (Å²) in [4.78, 5) is 32.7. The number of hydrogen-bond donors (Lipinski definition) is 1. The first-order chi connectivity index (χ1) is 14.1. The van der Waals surface area contributed by atoms with Crippen molar-refractivity contribution in [2.75, 3.05) is 18.6 Å². The van der Waals surface area contributed by atoms with Gasteiger partial charge in [-0.15, -0.1) is 0 Å². The molecule has 3 heterocycles. The number of carbonyl (C=O) groups is 2. The molecule has 2 amide bonds. The fourth-order valence-electron chi connectivity index (χ4n) is 4.47. The van der Waals surface area contributed by atoms with Crippen LogP contribution in [0, 0.1) is 0 Å². The minimum Gasteiger partial charge on any atom is -0.495 e. The van der Waals surface area contributed by atoms with Crippen LogP contribution in [-0.2, 0) is 22.6 Å². The van der Waals surface area contributed by atoms with Gasteiger partial charge in [0.1, 0.15) is 5.75 Å². The summed E-state index contributed by atoms with van der Waals surface area (Å²) in [6.45, 7) is 1.32.